The number of rotatable bonds is 0. The molecule has 0 radical (unpaired) electrons. The van der Waals surface area contributed by atoms with Crippen LogP contribution in [0.4, 0.5) is 0 Å². The molecule has 1 heterocycles. The van der Waals surface area contributed by atoms with Crippen LogP contribution in [-0.4, -0.2) is 6.04 Å². The lowest BCUT2D eigenvalue weighted by atomic mass is 9.93. The minimum atomic E-state index is 0.488. The summed E-state index contributed by atoms with van der Waals surface area (Å²) in [4.78, 5) is 0. The van der Waals surface area contributed by atoms with Crippen LogP contribution in [0.5, 0.6) is 0 Å². The molecular weight excluding hydrogens is 160 g/mol. The number of fused-ring (bicyclic) bond motifs is 1. The van der Waals surface area contributed by atoms with Gasteiger partial charge < -0.3 is 5.32 Å². The third-order valence-corrected chi connectivity index (χ3v) is 2.54. The van der Waals surface area contributed by atoms with Gasteiger partial charge in [-0.2, -0.15) is 5.26 Å². The summed E-state index contributed by atoms with van der Waals surface area (Å²) in [5.74, 6) is 0. The maximum absolute atomic E-state index is 8.91. The van der Waals surface area contributed by atoms with Crippen LogP contribution in [0.15, 0.2) is 18.2 Å². The van der Waals surface area contributed by atoms with Crippen molar-refractivity contribution in [1.29, 1.82) is 5.26 Å². The molecule has 0 amide bonds. The Kier molecular flexibility index (Phi) is 2.03. The van der Waals surface area contributed by atoms with Crippen molar-refractivity contribution in [2.75, 3.05) is 0 Å². The van der Waals surface area contributed by atoms with E-state index in [1.54, 1.807) is 0 Å². The van der Waals surface area contributed by atoms with E-state index in [-0.39, 0.29) is 0 Å². The van der Waals surface area contributed by atoms with Crippen LogP contribution in [0, 0.1) is 11.3 Å². The van der Waals surface area contributed by atoms with Crippen molar-refractivity contribution in [2.45, 2.75) is 25.9 Å². The maximum Gasteiger partial charge on any atom is 0.0994 e. The molecule has 0 spiro atoms. The zero-order valence-electron chi connectivity index (χ0n) is 7.67. The lowest BCUT2D eigenvalue weighted by molar-refractivity contribution is 0.513. The molecule has 0 bridgehead atoms. The van der Waals surface area contributed by atoms with Gasteiger partial charge in [0, 0.05) is 12.6 Å². The van der Waals surface area contributed by atoms with Gasteiger partial charge in [0.2, 0.25) is 0 Å². The number of hydrogen-bond acceptors (Lipinski definition) is 2. The standard InChI is InChI=1S/C11H12N2/c1-8-5-11-9(6-12)3-2-4-10(11)7-13-8/h2-4,8,13H,5,7H2,1H3. The second kappa shape index (κ2) is 3.20. The fourth-order valence-corrected chi connectivity index (χ4v) is 1.81. The van der Waals surface area contributed by atoms with Gasteiger partial charge in [0.1, 0.15) is 0 Å². The van der Waals surface area contributed by atoms with Crippen LogP contribution < -0.4 is 5.32 Å². The topological polar surface area (TPSA) is 35.8 Å². The summed E-state index contributed by atoms with van der Waals surface area (Å²) < 4.78 is 0. The van der Waals surface area contributed by atoms with E-state index < -0.39 is 0 Å². The quantitative estimate of drug-likeness (QED) is 0.645. The second-order valence-corrected chi connectivity index (χ2v) is 3.54. The van der Waals surface area contributed by atoms with Gasteiger partial charge in [0.05, 0.1) is 11.6 Å². The van der Waals surface area contributed by atoms with Crippen molar-refractivity contribution in [3.63, 3.8) is 0 Å². The zero-order chi connectivity index (χ0) is 9.26. The average molecular weight is 172 g/mol. The Morgan fingerprint density at radius 1 is 1.54 bits per heavy atom. The first-order chi connectivity index (χ1) is 6.31. The van der Waals surface area contributed by atoms with Crippen molar-refractivity contribution in [3.8, 4) is 6.07 Å². The Morgan fingerprint density at radius 3 is 3.15 bits per heavy atom. The van der Waals surface area contributed by atoms with Crippen LogP contribution in [0.3, 0.4) is 0 Å². The summed E-state index contributed by atoms with van der Waals surface area (Å²) >= 11 is 0. The molecule has 1 N–H and O–H groups in total. The molecule has 1 aliphatic rings. The van der Waals surface area contributed by atoms with Crippen molar-refractivity contribution in [2.24, 2.45) is 0 Å². The van der Waals surface area contributed by atoms with Crippen LogP contribution >= 0.6 is 0 Å². The molecule has 1 atom stereocenters. The molecule has 2 nitrogen and oxygen atoms in total. The van der Waals surface area contributed by atoms with Gasteiger partial charge in [-0.1, -0.05) is 12.1 Å². The van der Waals surface area contributed by atoms with Gasteiger partial charge in [-0.3, -0.25) is 0 Å². The molecule has 0 aromatic heterocycles. The molecule has 2 rings (SSSR count). The summed E-state index contributed by atoms with van der Waals surface area (Å²) in [6.45, 7) is 3.04. The Balaban J connectivity index is 2.48. The molecule has 1 aromatic carbocycles. The van der Waals surface area contributed by atoms with Crippen LogP contribution in [0.25, 0.3) is 0 Å². The summed E-state index contributed by atoms with van der Waals surface area (Å²) in [5, 5.41) is 12.3. The van der Waals surface area contributed by atoms with E-state index in [4.69, 9.17) is 5.26 Å². The predicted octanol–water partition coefficient (Wildman–Crippen LogP) is 1.59. The molecule has 0 saturated heterocycles. The van der Waals surface area contributed by atoms with Crippen LogP contribution in [0.1, 0.15) is 23.6 Å². The Hall–Kier alpha value is -1.33. The molecule has 1 unspecified atom stereocenters. The fraction of sp³-hybridized carbons (Fsp3) is 0.364. The van der Waals surface area contributed by atoms with E-state index in [0.29, 0.717) is 6.04 Å². The Morgan fingerprint density at radius 2 is 2.38 bits per heavy atom. The highest BCUT2D eigenvalue weighted by Crippen LogP contribution is 2.19. The molecule has 0 fully saturated rings. The summed E-state index contributed by atoms with van der Waals surface area (Å²) in [7, 11) is 0. The van der Waals surface area contributed by atoms with Gasteiger partial charge >= 0.3 is 0 Å². The first kappa shape index (κ1) is 8.28. The lowest BCUT2D eigenvalue weighted by Gasteiger charge is -2.23. The van der Waals surface area contributed by atoms with Crippen molar-refractivity contribution in [1.82, 2.24) is 5.32 Å². The Bertz CT molecular complexity index is 363. The molecule has 0 aliphatic carbocycles. The normalized spacial score (nSPS) is 20.5. The highest BCUT2D eigenvalue weighted by molar-refractivity contribution is 5.44. The monoisotopic (exact) mass is 172 g/mol. The average Bonchev–Trinajstić information content (AvgIpc) is 2.17. The third kappa shape index (κ3) is 1.43. The number of benzene rings is 1. The number of hydrogen-bond donors (Lipinski definition) is 1. The van der Waals surface area contributed by atoms with Crippen LogP contribution in [-0.2, 0) is 13.0 Å². The van der Waals surface area contributed by atoms with E-state index in [0.717, 1.165) is 18.5 Å². The number of nitrogens with zero attached hydrogens (tertiary/aromatic N) is 1. The van der Waals surface area contributed by atoms with Crippen molar-refractivity contribution < 1.29 is 0 Å². The fourth-order valence-electron chi connectivity index (χ4n) is 1.81. The molecular formula is C11H12N2. The second-order valence-electron chi connectivity index (χ2n) is 3.54. The lowest BCUT2D eigenvalue weighted by Crippen LogP contribution is -2.33. The minimum Gasteiger partial charge on any atom is -0.310 e. The zero-order valence-corrected chi connectivity index (χ0v) is 7.67. The third-order valence-electron chi connectivity index (χ3n) is 2.54. The SMILES string of the molecule is CC1Cc2c(C#N)cccc2CN1. The maximum atomic E-state index is 8.91. The van der Waals surface area contributed by atoms with Gasteiger partial charge in [-0.25, -0.2) is 0 Å². The van der Waals surface area contributed by atoms with E-state index >= 15 is 0 Å². The van der Waals surface area contributed by atoms with Crippen molar-refractivity contribution >= 4 is 0 Å². The van der Waals surface area contributed by atoms with Crippen molar-refractivity contribution in [3.05, 3.63) is 34.9 Å². The Labute approximate surface area is 78.2 Å². The largest absolute Gasteiger partial charge is 0.310 e. The minimum absolute atomic E-state index is 0.488. The molecule has 1 aliphatic heterocycles. The summed E-state index contributed by atoms with van der Waals surface area (Å²) in [6.07, 6.45) is 0.971. The first-order valence-electron chi connectivity index (χ1n) is 4.55. The van der Waals surface area contributed by atoms with E-state index in [2.05, 4.69) is 24.4 Å². The molecule has 2 heteroatoms. The number of nitriles is 1. The predicted molar refractivity (Wildman–Crippen MR) is 51.2 cm³/mol. The van der Waals surface area contributed by atoms with Gasteiger partial charge in [-0.05, 0) is 30.5 Å². The molecule has 0 saturated carbocycles. The summed E-state index contributed by atoms with van der Waals surface area (Å²) in [5.41, 5.74) is 3.35. The van der Waals surface area contributed by atoms with Gasteiger partial charge in [0.15, 0.2) is 0 Å². The molecule has 13 heavy (non-hydrogen) atoms. The smallest absolute Gasteiger partial charge is 0.0994 e. The van der Waals surface area contributed by atoms with Crippen LogP contribution in [0.2, 0.25) is 0 Å². The highest BCUT2D eigenvalue weighted by Gasteiger charge is 2.16. The van der Waals surface area contributed by atoms with Gasteiger partial charge in [0.25, 0.3) is 0 Å². The highest BCUT2D eigenvalue weighted by atomic mass is 14.9. The molecule has 66 valence electrons. The molecule has 1 aromatic rings. The number of nitrogens with one attached hydrogen (secondary N) is 1. The van der Waals surface area contributed by atoms with E-state index in [1.807, 2.05) is 12.1 Å². The first-order valence-corrected chi connectivity index (χ1v) is 4.55. The summed E-state index contributed by atoms with van der Waals surface area (Å²) in [6, 6.07) is 8.68. The van der Waals surface area contributed by atoms with E-state index in [9.17, 15) is 0 Å². The van der Waals surface area contributed by atoms with Gasteiger partial charge in [-0.15, -0.1) is 0 Å². The van der Waals surface area contributed by atoms with E-state index in [1.165, 1.54) is 11.1 Å².